The summed E-state index contributed by atoms with van der Waals surface area (Å²) in [6.45, 7) is 19.9. The number of hydrogen-bond donors (Lipinski definition) is 21. The SMILES string of the molecule is CC[C@H](O[C@H]1CC[C@H](O[C@H]2CC[C@H](O)[C@@H](C)O2)[C@@H](C)O1)[C@H](C)[C@H](O)[C@@H](C)[C@H](O)[C@H](C)[C@@H]1CC=CC=C[C@@H](O)C[C@H](O)[C@@H](C)[C@@H](O)C[C@H](O[C@@H]2O[C@H](CO)[C@H](O)[C@H](O)[C@H]2NC(C)=O)[C@@H](C)[C@@H]2C[C@H](O)[C@@H](O)[C@](O)(C[C@@H](O[C@@H]3O[C@H](C)[C@@H](O)[C@H](O[C@H]4C[C@@H](O)[C@H](O)[C@@H](C)O4)[C@H]3O[C@@H]3O[C@H](C)[C@@H](O)[C@H](O)[C@H]3O)[C@H](C)CCC[C@H](O)[C@H](O)CC=CC=CC(=O)O1)O2. The molecule has 8 heterocycles. The predicted molar refractivity (Wildman–Crippen MR) is 429 cm³/mol. The second-order valence-electron chi connectivity index (χ2n) is 35.4. The van der Waals surface area contributed by atoms with Crippen LogP contribution >= 0.6 is 0 Å². The van der Waals surface area contributed by atoms with Crippen LogP contribution in [0.15, 0.2) is 48.6 Å². The van der Waals surface area contributed by atoms with E-state index in [1.807, 2.05) is 20.8 Å². The summed E-state index contributed by atoms with van der Waals surface area (Å²) < 4.78 is 88.1. The number of amides is 1. The number of carbonyl (C=O) groups is 2. The van der Waals surface area contributed by atoms with Gasteiger partial charge in [-0.2, -0.15) is 0 Å². The number of cyclic esters (lactones) is 1. The average molecular weight is 1760 g/mol. The molecule has 46 atom stereocenters. The molecule has 122 heavy (non-hydrogen) atoms. The van der Waals surface area contributed by atoms with Crippen LogP contribution in [0, 0.1) is 35.5 Å². The molecule has 0 aromatic heterocycles. The third-order valence-corrected chi connectivity index (χ3v) is 26.1. The number of nitrogens with one attached hydrogen (secondary N) is 1. The van der Waals surface area contributed by atoms with Crippen molar-refractivity contribution < 1.29 is 178 Å². The van der Waals surface area contributed by atoms with E-state index in [1.165, 1.54) is 65.0 Å². The summed E-state index contributed by atoms with van der Waals surface area (Å²) >= 11 is 0. The average Bonchev–Trinajstić information content (AvgIpc) is 0.790. The summed E-state index contributed by atoms with van der Waals surface area (Å²) in [6.07, 6.45) is -39.3. The van der Waals surface area contributed by atoms with E-state index in [2.05, 4.69) is 5.32 Å². The molecule has 706 valence electrons. The molecule has 0 aromatic rings. The van der Waals surface area contributed by atoms with E-state index >= 15 is 0 Å². The lowest BCUT2D eigenvalue weighted by molar-refractivity contribution is -0.391. The number of aliphatic hydroxyl groups excluding tert-OH is 19. The Kier molecular flexibility index (Phi) is 40.8. The number of rotatable bonds is 21. The fourth-order valence-electron chi connectivity index (χ4n) is 17.5. The van der Waals surface area contributed by atoms with Crippen molar-refractivity contribution in [1.29, 1.82) is 0 Å². The first-order chi connectivity index (χ1) is 57.5. The van der Waals surface area contributed by atoms with E-state index < -0.39 is 300 Å². The lowest BCUT2D eigenvalue weighted by Crippen LogP contribution is -2.66. The maximum absolute atomic E-state index is 13.8. The van der Waals surface area contributed by atoms with Gasteiger partial charge in [0.2, 0.25) is 5.91 Å². The van der Waals surface area contributed by atoms with E-state index in [-0.39, 0.29) is 63.3 Å². The minimum Gasteiger partial charge on any atom is -0.458 e. The number of fused-ring (bicyclic) bond motifs is 2. The Morgan fingerprint density at radius 1 is 0.516 bits per heavy atom. The van der Waals surface area contributed by atoms with Crippen molar-refractivity contribution in [3.05, 3.63) is 48.6 Å². The second-order valence-corrected chi connectivity index (χ2v) is 35.4. The summed E-state index contributed by atoms with van der Waals surface area (Å²) in [5.74, 6) is -9.80. The van der Waals surface area contributed by atoms with Crippen molar-refractivity contribution in [3.63, 3.8) is 0 Å². The zero-order valence-electron chi connectivity index (χ0n) is 72.4. The molecule has 8 aliphatic heterocycles. The molecule has 0 radical (unpaired) electrons. The van der Waals surface area contributed by atoms with Crippen molar-refractivity contribution in [1.82, 2.24) is 5.32 Å². The van der Waals surface area contributed by atoms with Gasteiger partial charge in [-0.1, -0.05) is 97.4 Å². The number of ether oxygens (including phenoxy) is 14. The molecule has 0 aromatic carbocycles. The number of hydrogen-bond acceptors (Lipinski definition) is 36. The molecule has 1 amide bonds. The summed E-state index contributed by atoms with van der Waals surface area (Å²) in [7, 11) is 0. The van der Waals surface area contributed by atoms with Crippen LogP contribution in [-0.2, 0) is 75.9 Å². The molecule has 7 saturated heterocycles. The molecule has 0 spiro atoms. The predicted octanol–water partition coefficient (Wildman–Crippen LogP) is -1.33. The zero-order valence-corrected chi connectivity index (χ0v) is 72.4. The lowest BCUT2D eigenvalue weighted by Gasteiger charge is -2.50. The van der Waals surface area contributed by atoms with Gasteiger partial charge in [0.05, 0.1) is 129 Å². The van der Waals surface area contributed by atoms with E-state index in [9.17, 15) is 112 Å². The number of carbonyl (C=O) groups excluding carboxylic acids is 2. The van der Waals surface area contributed by atoms with Crippen LogP contribution in [0.5, 0.6) is 0 Å². The molecule has 0 saturated carbocycles. The highest BCUT2D eigenvalue weighted by molar-refractivity contribution is 5.82. The third kappa shape index (κ3) is 27.8. The van der Waals surface area contributed by atoms with Crippen LogP contribution in [-0.4, -0.2) is 366 Å². The molecule has 0 unspecified atom stereocenters. The Labute approximate surface area is 714 Å². The minimum absolute atomic E-state index is 0.00262. The molecule has 21 N–H and O–H groups in total. The van der Waals surface area contributed by atoms with Crippen molar-refractivity contribution in [2.45, 2.75) is 431 Å². The van der Waals surface area contributed by atoms with Crippen LogP contribution in [0.25, 0.3) is 0 Å². The first-order valence-electron chi connectivity index (χ1n) is 43.7. The molecule has 2 bridgehead atoms. The Balaban J connectivity index is 1.08. The van der Waals surface area contributed by atoms with E-state index in [0.717, 1.165) is 13.0 Å². The minimum atomic E-state index is -2.88. The van der Waals surface area contributed by atoms with Crippen LogP contribution in [0.1, 0.15) is 186 Å². The summed E-state index contributed by atoms with van der Waals surface area (Å²) in [4.78, 5) is 26.6. The standard InChI is InChI=1S/C85H145NO36/c1-14-58(115-67-31-29-60(45(9)110-67)116-66-30-28-51(90)44(8)109-66)41(5)70(98)43(7)71(99)42(6)59-26-19-15-17-23-50(89)32-54(93)39(3)55(94)33-61(117-82-69(86-49(13)88)76(104)75(103)64(37-87)119-82)40(4)62-34-57(96)81(107)85(108,122-62)36-63(38(2)22-21-25-53(92)52(91)24-18-16-20-27-65(97)114-59)118-84-80(121-83-78(106)77(105)73(101)47(11)112-83)79(74(102)48(12)113-84)120-68-35-56(95)72(100)46(10)111-68/h15-20,23,27,38-48,50-64,66-84,87,89-96,98-108H,14,21-22,24-26,28-37H2,1-13H3,(H,86,88)/t38-,39-,40-,41+,42-,43-,44-,45-,46-,47-,48-,50-,51+,52-,53+,54+,55+,56-,57+,58+,59+,60+,61+,62+,63-,64-,66+,67+,68+,69-,70+,71-,72-,73-,74-,75+,76-,77+,78-,79+,80-,81-,82-,83+,84+,85+/m1/s1. The van der Waals surface area contributed by atoms with E-state index in [1.54, 1.807) is 39.8 Å². The number of aliphatic hydroxyl groups is 20. The van der Waals surface area contributed by atoms with E-state index in [4.69, 9.17) is 66.3 Å². The monoisotopic (exact) mass is 1760 g/mol. The van der Waals surface area contributed by atoms with Gasteiger partial charge in [0, 0.05) is 94.0 Å². The topological polar surface area (TPSA) is 580 Å². The van der Waals surface area contributed by atoms with Crippen LogP contribution in [0.2, 0.25) is 0 Å². The van der Waals surface area contributed by atoms with Gasteiger partial charge < -0.3 is 174 Å². The van der Waals surface area contributed by atoms with Gasteiger partial charge in [-0.15, -0.1) is 0 Å². The highest BCUT2D eigenvalue weighted by atomic mass is 16.8. The van der Waals surface area contributed by atoms with Gasteiger partial charge in [0.15, 0.2) is 43.5 Å². The molecule has 37 nitrogen and oxygen atoms in total. The molecule has 37 heteroatoms. The van der Waals surface area contributed by atoms with Gasteiger partial charge in [-0.3, -0.25) is 4.79 Å². The molecule has 8 rings (SSSR count). The van der Waals surface area contributed by atoms with Crippen LogP contribution in [0.3, 0.4) is 0 Å². The zero-order chi connectivity index (χ0) is 90.2. The number of allylic oxidation sites excluding steroid dienone is 4. The highest BCUT2D eigenvalue weighted by Gasteiger charge is 2.57. The van der Waals surface area contributed by atoms with Crippen LogP contribution in [0.4, 0.5) is 0 Å². The molecule has 0 aliphatic carbocycles. The first-order valence-corrected chi connectivity index (χ1v) is 43.7. The third-order valence-electron chi connectivity index (χ3n) is 26.1. The molecular weight excluding hydrogens is 1610 g/mol. The normalized spacial score (nSPS) is 46.2. The van der Waals surface area contributed by atoms with Gasteiger partial charge in [-0.05, 0) is 79.1 Å². The summed E-state index contributed by atoms with van der Waals surface area (Å²) in [5, 5.41) is 232. The van der Waals surface area contributed by atoms with Crippen LogP contribution < -0.4 is 5.32 Å². The maximum Gasteiger partial charge on any atom is 0.331 e. The Bertz CT molecular complexity index is 3210. The Hall–Kier alpha value is -3.42. The molecule has 7 fully saturated rings. The second kappa shape index (κ2) is 47.9. The fourth-order valence-corrected chi connectivity index (χ4v) is 17.5. The first kappa shape index (κ1) is 104. The van der Waals surface area contributed by atoms with Gasteiger partial charge in [-0.25, -0.2) is 4.79 Å². The maximum atomic E-state index is 13.8. The van der Waals surface area contributed by atoms with Crippen molar-refractivity contribution in [3.8, 4) is 0 Å². The highest BCUT2D eigenvalue weighted by Crippen LogP contribution is 2.43. The lowest BCUT2D eigenvalue weighted by atomic mass is 9.79. The fraction of sp³-hybridized carbons (Fsp3) is 0.882. The van der Waals surface area contributed by atoms with Gasteiger partial charge in [0.25, 0.3) is 0 Å². The quantitative estimate of drug-likeness (QED) is 0.0592. The van der Waals surface area contributed by atoms with Crippen molar-refractivity contribution in [2.24, 2.45) is 35.5 Å². The van der Waals surface area contributed by atoms with Crippen molar-refractivity contribution in [2.75, 3.05) is 6.61 Å². The Morgan fingerprint density at radius 3 is 1.81 bits per heavy atom. The van der Waals surface area contributed by atoms with Crippen molar-refractivity contribution >= 4 is 11.9 Å². The summed E-state index contributed by atoms with van der Waals surface area (Å²) in [5.41, 5.74) is 0. The Morgan fingerprint density at radius 2 is 1.15 bits per heavy atom. The molecule has 8 aliphatic rings. The van der Waals surface area contributed by atoms with Gasteiger partial charge >= 0.3 is 5.97 Å². The largest absolute Gasteiger partial charge is 0.458 e. The van der Waals surface area contributed by atoms with Gasteiger partial charge in [0.1, 0.15) is 79.3 Å². The number of esters is 1. The smallest absolute Gasteiger partial charge is 0.331 e. The summed E-state index contributed by atoms with van der Waals surface area (Å²) in [6, 6.07) is -1.56. The van der Waals surface area contributed by atoms with E-state index in [0.29, 0.717) is 32.1 Å². The molecular formula is C85H145NO36.